The van der Waals surface area contributed by atoms with E-state index in [2.05, 4.69) is 5.32 Å². The van der Waals surface area contributed by atoms with Gasteiger partial charge < -0.3 is 10.2 Å². The SMILES string of the molecule is CCCS(=O)(=O)N1CCC[C@H](C(=O)NCCC(=O)N2CCCCC2)C1. The second-order valence-electron chi connectivity index (χ2n) is 7.00. The average Bonchev–Trinajstić information content (AvgIpc) is 2.62. The van der Waals surface area contributed by atoms with Crippen molar-refractivity contribution in [2.75, 3.05) is 38.5 Å². The Morgan fingerprint density at radius 3 is 2.48 bits per heavy atom. The van der Waals surface area contributed by atoms with Crippen molar-refractivity contribution < 1.29 is 18.0 Å². The van der Waals surface area contributed by atoms with E-state index >= 15 is 0 Å². The van der Waals surface area contributed by atoms with Crippen LogP contribution in [-0.2, 0) is 19.6 Å². The molecule has 2 heterocycles. The van der Waals surface area contributed by atoms with Gasteiger partial charge in [-0.25, -0.2) is 12.7 Å². The Morgan fingerprint density at radius 1 is 1.08 bits per heavy atom. The van der Waals surface area contributed by atoms with Gasteiger partial charge >= 0.3 is 0 Å². The number of hydrogen-bond acceptors (Lipinski definition) is 4. The molecule has 2 aliphatic rings. The highest BCUT2D eigenvalue weighted by Gasteiger charge is 2.31. The molecule has 2 amide bonds. The second kappa shape index (κ2) is 9.52. The van der Waals surface area contributed by atoms with E-state index in [1.807, 2.05) is 11.8 Å². The predicted octanol–water partition coefficient (Wildman–Crippen LogP) is 0.957. The number of nitrogens with zero attached hydrogens (tertiary/aromatic N) is 2. The Labute approximate surface area is 151 Å². The average molecular weight is 374 g/mol. The number of hydrogen-bond donors (Lipinski definition) is 1. The molecule has 2 fully saturated rings. The predicted molar refractivity (Wildman–Crippen MR) is 96.4 cm³/mol. The number of rotatable bonds is 7. The lowest BCUT2D eigenvalue weighted by atomic mass is 9.99. The summed E-state index contributed by atoms with van der Waals surface area (Å²) in [7, 11) is -3.26. The molecule has 1 atom stereocenters. The quantitative estimate of drug-likeness (QED) is 0.720. The molecule has 0 aromatic rings. The van der Waals surface area contributed by atoms with Crippen molar-refractivity contribution in [2.24, 2.45) is 5.92 Å². The molecule has 0 radical (unpaired) electrons. The molecule has 8 heteroatoms. The Kier molecular flexibility index (Phi) is 7.68. The van der Waals surface area contributed by atoms with Crippen LogP contribution in [0.15, 0.2) is 0 Å². The molecule has 2 aliphatic heterocycles. The molecule has 0 bridgehead atoms. The fourth-order valence-electron chi connectivity index (χ4n) is 3.53. The van der Waals surface area contributed by atoms with Crippen LogP contribution in [0.25, 0.3) is 0 Å². The zero-order valence-electron chi connectivity index (χ0n) is 15.2. The fraction of sp³-hybridized carbons (Fsp3) is 0.882. The first-order valence-corrected chi connectivity index (χ1v) is 11.1. The van der Waals surface area contributed by atoms with Gasteiger partial charge in [0.15, 0.2) is 0 Å². The van der Waals surface area contributed by atoms with Gasteiger partial charge in [0.25, 0.3) is 0 Å². The second-order valence-corrected chi connectivity index (χ2v) is 9.08. The maximum Gasteiger partial charge on any atom is 0.224 e. The van der Waals surface area contributed by atoms with Gasteiger partial charge in [0.2, 0.25) is 21.8 Å². The van der Waals surface area contributed by atoms with Crippen LogP contribution in [0.4, 0.5) is 0 Å². The lowest BCUT2D eigenvalue weighted by Gasteiger charge is -2.31. The lowest BCUT2D eigenvalue weighted by molar-refractivity contribution is -0.132. The van der Waals surface area contributed by atoms with E-state index in [4.69, 9.17) is 0 Å². The highest BCUT2D eigenvalue weighted by Crippen LogP contribution is 2.20. The molecule has 0 aliphatic carbocycles. The minimum absolute atomic E-state index is 0.0933. The van der Waals surface area contributed by atoms with E-state index in [1.54, 1.807) is 0 Å². The van der Waals surface area contributed by atoms with Crippen LogP contribution in [0, 0.1) is 5.92 Å². The molecule has 0 saturated carbocycles. The summed E-state index contributed by atoms with van der Waals surface area (Å²) >= 11 is 0. The minimum Gasteiger partial charge on any atom is -0.355 e. The normalized spacial score (nSPS) is 22.6. The maximum atomic E-state index is 12.3. The Balaban J connectivity index is 1.75. The molecular formula is C17H31N3O4S. The van der Waals surface area contributed by atoms with Gasteiger partial charge in [-0.05, 0) is 38.5 Å². The summed E-state index contributed by atoms with van der Waals surface area (Å²) in [6.07, 6.45) is 5.59. The number of nitrogens with one attached hydrogen (secondary N) is 1. The van der Waals surface area contributed by atoms with Crippen molar-refractivity contribution in [3.8, 4) is 0 Å². The highest BCUT2D eigenvalue weighted by atomic mass is 32.2. The number of carbonyl (C=O) groups is 2. The number of piperidine rings is 2. The molecule has 1 N–H and O–H groups in total. The number of sulfonamides is 1. The molecule has 144 valence electrons. The monoisotopic (exact) mass is 373 g/mol. The van der Waals surface area contributed by atoms with Crippen LogP contribution < -0.4 is 5.32 Å². The van der Waals surface area contributed by atoms with Gasteiger partial charge in [-0.2, -0.15) is 0 Å². The molecular weight excluding hydrogens is 342 g/mol. The topological polar surface area (TPSA) is 86.8 Å². The third kappa shape index (κ3) is 5.95. The van der Waals surface area contributed by atoms with Crippen LogP contribution in [0.5, 0.6) is 0 Å². The Hall–Kier alpha value is -1.15. The van der Waals surface area contributed by atoms with Gasteiger partial charge in [0.1, 0.15) is 0 Å². The molecule has 0 unspecified atom stereocenters. The number of carbonyl (C=O) groups excluding carboxylic acids is 2. The van der Waals surface area contributed by atoms with Crippen LogP contribution in [-0.4, -0.2) is 67.9 Å². The molecule has 2 rings (SSSR count). The van der Waals surface area contributed by atoms with Crippen molar-refractivity contribution in [1.29, 1.82) is 0 Å². The first-order valence-electron chi connectivity index (χ1n) is 9.47. The minimum atomic E-state index is -3.26. The maximum absolute atomic E-state index is 12.3. The van der Waals surface area contributed by atoms with Gasteiger partial charge in [-0.1, -0.05) is 6.92 Å². The molecule has 0 aromatic carbocycles. The number of likely N-dealkylation sites (tertiary alicyclic amines) is 1. The highest BCUT2D eigenvalue weighted by molar-refractivity contribution is 7.89. The largest absolute Gasteiger partial charge is 0.355 e. The molecule has 0 spiro atoms. The summed E-state index contributed by atoms with van der Waals surface area (Å²) in [5.41, 5.74) is 0. The van der Waals surface area contributed by atoms with Crippen molar-refractivity contribution in [1.82, 2.24) is 14.5 Å². The number of amides is 2. The van der Waals surface area contributed by atoms with Gasteiger partial charge in [-0.3, -0.25) is 9.59 Å². The van der Waals surface area contributed by atoms with E-state index in [9.17, 15) is 18.0 Å². The Morgan fingerprint density at radius 2 is 1.80 bits per heavy atom. The zero-order chi connectivity index (χ0) is 18.3. The summed E-state index contributed by atoms with van der Waals surface area (Å²) in [5, 5.41) is 2.82. The standard InChI is InChI=1S/C17H31N3O4S/c1-2-13-25(23,24)20-12-6-7-15(14-20)17(22)18-9-8-16(21)19-10-4-3-5-11-19/h15H,2-14H2,1H3,(H,18,22)/t15-/m0/s1. The smallest absolute Gasteiger partial charge is 0.224 e. The van der Waals surface area contributed by atoms with Crippen molar-refractivity contribution >= 4 is 21.8 Å². The van der Waals surface area contributed by atoms with E-state index in [1.165, 1.54) is 10.7 Å². The van der Waals surface area contributed by atoms with Crippen molar-refractivity contribution in [3.63, 3.8) is 0 Å². The molecule has 0 aromatic heterocycles. The first-order chi connectivity index (χ1) is 11.9. The third-order valence-electron chi connectivity index (χ3n) is 4.96. The van der Waals surface area contributed by atoms with Crippen LogP contribution >= 0.6 is 0 Å². The van der Waals surface area contributed by atoms with Gasteiger partial charge in [-0.15, -0.1) is 0 Å². The van der Waals surface area contributed by atoms with E-state index in [0.717, 1.165) is 25.9 Å². The van der Waals surface area contributed by atoms with Crippen LogP contribution in [0.3, 0.4) is 0 Å². The van der Waals surface area contributed by atoms with E-state index in [-0.39, 0.29) is 30.0 Å². The summed E-state index contributed by atoms with van der Waals surface area (Å²) < 4.78 is 25.8. The van der Waals surface area contributed by atoms with E-state index in [0.29, 0.717) is 38.8 Å². The molecule has 25 heavy (non-hydrogen) atoms. The zero-order valence-corrected chi connectivity index (χ0v) is 16.0. The molecule has 7 nitrogen and oxygen atoms in total. The van der Waals surface area contributed by atoms with Gasteiger partial charge in [0.05, 0.1) is 11.7 Å². The summed E-state index contributed by atoms with van der Waals surface area (Å²) in [5.74, 6) is -0.227. The van der Waals surface area contributed by atoms with Gasteiger partial charge in [0, 0.05) is 39.1 Å². The summed E-state index contributed by atoms with van der Waals surface area (Å²) in [6.45, 7) is 4.56. The van der Waals surface area contributed by atoms with Crippen molar-refractivity contribution in [2.45, 2.75) is 51.9 Å². The summed E-state index contributed by atoms with van der Waals surface area (Å²) in [6, 6.07) is 0. The van der Waals surface area contributed by atoms with Crippen molar-refractivity contribution in [3.05, 3.63) is 0 Å². The third-order valence-corrected chi connectivity index (χ3v) is 7.00. The Bertz CT molecular complexity index is 558. The van der Waals surface area contributed by atoms with Crippen LogP contribution in [0.1, 0.15) is 51.9 Å². The summed E-state index contributed by atoms with van der Waals surface area (Å²) in [4.78, 5) is 26.3. The lowest BCUT2D eigenvalue weighted by Crippen LogP contribution is -2.46. The molecule has 2 saturated heterocycles. The first kappa shape index (κ1) is 20.2. The fourth-order valence-corrected chi connectivity index (χ4v) is 5.12. The van der Waals surface area contributed by atoms with Crippen LogP contribution in [0.2, 0.25) is 0 Å². The van der Waals surface area contributed by atoms with E-state index < -0.39 is 10.0 Å².